The van der Waals surface area contributed by atoms with Crippen molar-refractivity contribution in [2.24, 2.45) is 5.41 Å². The van der Waals surface area contributed by atoms with Gasteiger partial charge in [-0.1, -0.05) is 142 Å². The summed E-state index contributed by atoms with van der Waals surface area (Å²) in [6, 6.07) is 11.4. The van der Waals surface area contributed by atoms with E-state index in [0.717, 1.165) is 74.7 Å². The summed E-state index contributed by atoms with van der Waals surface area (Å²) in [5.74, 6) is 3.29. The number of pyridine rings is 1. The Bertz CT molecular complexity index is 1290. The smallest absolute Gasteiger partial charge is 0.287 e. The summed E-state index contributed by atoms with van der Waals surface area (Å²) in [7, 11) is 0. The summed E-state index contributed by atoms with van der Waals surface area (Å²) in [6.45, 7) is 8.35. The molecule has 328 valence electrons. The van der Waals surface area contributed by atoms with Crippen LogP contribution in [0, 0.1) is 15.5 Å². The number of anilines is 1. The van der Waals surface area contributed by atoms with E-state index in [2.05, 4.69) is 36.3 Å². The maximum absolute atomic E-state index is 11.3. The van der Waals surface area contributed by atoms with Crippen molar-refractivity contribution < 1.29 is 23.9 Å². The van der Waals surface area contributed by atoms with Gasteiger partial charge in [-0.25, -0.2) is 4.98 Å². The van der Waals surface area contributed by atoms with E-state index in [1.165, 1.54) is 128 Å². The van der Waals surface area contributed by atoms with E-state index < -0.39 is 4.92 Å². The van der Waals surface area contributed by atoms with Crippen LogP contribution in [0.25, 0.3) is 0 Å². The van der Waals surface area contributed by atoms with E-state index in [0.29, 0.717) is 19.0 Å². The first-order valence-electron chi connectivity index (χ1n) is 23.2. The lowest BCUT2D eigenvalue weighted by Gasteiger charge is -2.41. The first kappa shape index (κ1) is 48.6. The topological polar surface area (TPSA) is 105 Å². The number of nitrogens with zero attached hydrogens (tertiary/aromatic N) is 2. The Kier molecular flexibility index (Phi) is 25.2. The van der Waals surface area contributed by atoms with Gasteiger partial charge in [-0.3, -0.25) is 10.1 Å². The third-order valence-electron chi connectivity index (χ3n) is 11.4. The maximum Gasteiger partial charge on any atom is 0.287 e. The number of hydrogen-bond acceptors (Lipinski definition) is 10. The van der Waals surface area contributed by atoms with Crippen molar-refractivity contribution in [3.8, 4) is 5.75 Å². The summed E-state index contributed by atoms with van der Waals surface area (Å²) in [5.41, 5.74) is 1.04. The van der Waals surface area contributed by atoms with Gasteiger partial charge in [0, 0.05) is 42.6 Å². The Balaban J connectivity index is 1.31. The monoisotopic (exact) mass is 844 g/mol. The molecule has 2 aliphatic heterocycles. The quantitative estimate of drug-likeness (QED) is 0.0424. The van der Waals surface area contributed by atoms with Crippen LogP contribution in [0.4, 0.5) is 11.5 Å². The molecule has 4 rings (SSSR count). The highest BCUT2D eigenvalue weighted by molar-refractivity contribution is 8.17. The normalized spacial score (nSPS) is 17.6. The predicted molar refractivity (Wildman–Crippen MR) is 244 cm³/mol. The zero-order chi connectivity index (χ0) is 40.9. The fourth-order valence-corrected chi connectivity index (χ4v) is 11.1. The van der Waals surface area contributed by atoms with Gasteiger partial charge in [-0.05, 0) is 49.4 Å². The Labute approximate surface area is 360 Å². The van der Waals surface area contributed by atoms with E-state index >= 15 is 0 Å². The van der Waals surface area contributed by atoms with Crippen molar-refractivity contribution in [1.29, 1.82) is 0 Å². The molecule has 58 heavy (non-hydrogen) atoms. The van der Waals surface area contributed by atoms with Gasteiger partial charge in [0.1, 0.15) is 17.8 Å². The number of benzene rings is 1. The van der Waals surface area contributed by atoms with Gasteiger partial charge < -0.3 is 24.3 Å². The number of thioether (sulfide) groups is 2. The third kappa shape index (κ3) is 19.6. The first-order valence-corrected chi connectivity index (χ1v) is 25.3. The van der Waals surface area contributed by atoms with Crippen LogP contribution in [0.15, 0.2) is 42.6 Å². The molecule has 11 heteroatoms. The predicted octanol–water partition coefficient (Wildman–Crippen LogP) is 13.7. The summed E-state index contributed by atoms with van der Waals surface area (Å²) in [4.78, 5) is 15.4. The molecule has 2 aliphatic rings. The Morgan fingerprint density at radius 3 is 1.76 bits per heavy atom. The molecule has 1 aromatic heterocycles. The second-order valence-corrected chi connectivity index (χ2v) is 19.3. The highest BCUT2D eigenvalue weighted by Crippen LogP contribution is 2.47. The minimum absolute atomic E-state index is 0.0182. The molecule has 9 nitrogen and oxygen atoms in total. The number of hydrogen-bond donors (Lipinski definition) is 1. The van der Waals surface area contributed by atoms with Gasteiger partial charge in [0.25, 0.3) is 5.69 Å². The Morgan fingerprint density at radius 1 is 0.759 bits per heavy atom. The van der Waals surface area contributed by atoms with Crippen LogP contribution in [0.2, 0.25) is 0 Å². The molecule has 2 fully saturated rings. The van der Waals surface area contributed by atoms with Crippen LogP contribution in [0.1, 0.15) is 173 Å². The van der Waals surface area contributed by atoms with E-state index in [4.69, 9.17) is 18.9 Å². The first-order chi connectivity index (χ1) is 28.5. The highest BCUT2D eigenvalue weighted by Gasteiger charge is 2.40. The minimum Gasteiger partial charge on any atom is -0.465 e. The lowest BCUT2D eigenvalue weighted by molar-refractivity contribution is -0.385. The van der Waals surface area contributed by atoms with Gasteiger partial charge in [0.15, 0.2) is 6.29 Å². The molecule has 0 spiro atoms. The van der Waals surface area contributed by atoms with Crippen LogP contribution in [-0.4, -0.2) is 65.3 Å². The lowest BCUT2D eigenvalue weighted by atomic mass is 9.95. The molecule has 0 amide bonds. The van der Waals surface area contributed by atoms with Crippen molar-refractivity contribution in [1.82, 2.24) is 4.98 Å². The van der Waals surface area contributed by atoms with Gasteiger partial charge in [-0.15, -0.1) is 23.5 Å². The maximum atomic E-state index is 11.3. The van der Waals surface area contributed by atoms with Crippen LogP contribution in [-0.2, 0) is 14.2 Å². The van der Waals surface area contributed by atoms with Crippen molar-refractivity contribution in [3.63, 3.8) is 0 Å². The van der Waals surface area contributed by atoms with E-state index in [9.17, 15) is 10.1 Å². The number of nitrogens with one attached hydrogen (secondary N) is 1. The number of aromatic nitrogens is 1. The van der Waals surface area contributed by atoms with Gasteiger partial charge in [-0.2, -0.15) is 0 Å². The fourth-order valence-electron chi connectivity index (χ4n) is 7.73. The molecule has 1 N–H and O–H groups in total. The second kappa shape index (κ2) is 30.1. The van der Waals surface area contributed by atoms with Gasteiger partial charge in [0.05, 0.1) is 35.4 Å². The van der Waals surface area contributed by atoms with Gasteiger partial charge in [0.2, 0.25) is 0 Å². The largest absolute Gasteiger partial charge is 0.465 e. The minimum atomic E-state index is -0.410. The average molecular weight is 844 g/mol. The standard InChI is InChI=1S/C47H77N3O6S2/c1-3-5-7-9-11-13-15-17-19-22-32-53-36-47(37-54-33-23-20-18-16-14-12-10-8-6-4-2)38-57-46(58-39-47)45(49-43-31-28-41(35-48-43)50(51)52)40-26-29-42(30-27-40)56-44-25-21-24-34-55-44/h26-31,35,44-46H,3-25,32-34,36-39H2,1-2H3,(H,48,49). The lowest BCUT2D eigenvalue weighted by Crippen LogP contribution is -2.42. The molecule has 2 atom stereocenters. The average Bonchev–Trinajstić information content (AvgIpc) is 3.25. The third-order valence-corrected chi connectivity index (χ3v) is 15.0. The van der Waals surface area contributed by atoms with Crippen molar-refractivity contribution in [2.45, 2.75) is 178 Å². The molecule has 0 saturated carbocycles. The molecule has 2 unspecified atom stereocenters. The van der Waals surface area contributed by atoms with E-state index in [1.54, 1.807) is 6.07 Å². The Hall–Kier alpha value is -2.05. The molecule has 1 aromatic carbocycles. The Morgan fingerprint density at radius 2 is 1.29 bits per heavy atom. The molecule has 0 aliphatic carbocycles. The van der Waals surface area contributed by atoms with Crippen LogP contribution in [0.5, 0.6) is 5.75 Å². The van der Waals surface area contributed by atoms with E-state index in [-0.39, 0.29) is 28.0 Å². The van der Waals surface area contributed by atoms with E-state index in [1.807, 2.05) is 35.7 Å². The number of nitro groups is 1. The molecule has 2 aromatic rings. The fraction of sp³-hybridized carbons (Fsp3) is 0.766. The molecule has 0 bridgehead atoms. The SMILES string of the molecule is CCCCCCCCCCCCOCC1(COCCCCCCCCCCCC)CSC(C(Nc2ccc([N+](=O)[O-])cn2)c2ccc(OC3CCCCO3)cc2)SC1. The molecular weight excluding hydrogens is 767 g/mol. The summed E-state index contributed by atoms with van der Waals surface area (Å²) in [6.07, 6.45) is 30.6. The van der Waals surface area contributed by atoms with Crippen LogP contribution in [0.3, 0.4) is 0 Å². The van der Waals surface area contributed by atoms with Gasteiger partial charge >= 0.3 is 0 Å². The van der Waals surface area contributed by atoms with Crippen molar-refractivity contribution in [2.75, 3.05) is 49.9 Å². The van der Waals surface area contributed by atoms with Crippen molar-refractivity contribution >= 4 is 35.0 Å². The zero-order valence-corrected chi connectivity index (χ0v) is 37.8. The zero-order valence-electron chi connectivity index (χ0n) is 36.1. The highest BCUT2D eigenvalue weighted by atomic mass is 32.2. The van der Waals surface area contributed by atoms with Crippen LogP contribution >= 0.6 is 23.5 Å². The number of rotatable bonds is 33. The molecule has 2 saturated heterocycles. The number of ether oxygens (including phenoxy) is 4. The van der Waals surface area contributed by atoms with Crippen molar-refractivity contribution in [3.05, 3.63) is 58.3 Å². The van der Waals surface area contributed by atoms with Crippen LogP contribution < -0.4 is 10.1 Å². The second-order valence-electron chi connectivity index (χ2n) is 16.7. The molecular formula is C47H77N3O6S2. The number of unbranched alkanes of at least 4 members (excludes halogenated alkanes) is 18. The summed E-state index contributed by atoms with van der Waals surface area (Å²) >= 11 is 3.91. The summed E-state index contributed by atoms with van der Waals surface area (Å²) < 4.78 is 25.1. The molecule has 0 radical (unpaired) electrons. The summed E-state index contributed by atoms with van der Waals surface area (Å²) in [5, 5.41) is 15.0. The molecule has 3 heterocycles.